The van der Waals surface area contributed by atoms with Crippen molar-refractivity contribution < 1.29 is 19.4 Å². The summed E-state index contributed by atoms with van der Waals surface area (Å²) >= 11 is 0. The number of ether oxygens (including phenoxy) is 1. The molecule has 2 fully saturated rings. The van der Waals surface area contributed by atoms with Crippen LogP contribution in [0, 0.1) is 11.3 Å². The molecule has 140 valence electrons. The Bertz CT molecular complexity index is 850. The Morgan fingerprint density at radius 2 is 1.85 bits per heavy atom. The van der Waals surface area contributed by atoms with Crippen LogP contribution in [-0.4, -0.2) is 35.0 Å². The first kappa shape index (κ1) is 17.6. The zero-order chi connectivity index (χ0) is 18.9. The van der Waals surface area contributed by atoms with Gasteiger partial charge in [-0.15, -0.1) is 0 Å². The number of nitrogens with zero attached hydrogens (tertiary/aromatic N) is 1. The van der Waals surface area contributed by atoms with Gasteiger partial charge >= 0.3 is 5.97 Å². The number of carboxylic acid groups (broad SMARTS) is 1. The molecule has 1 heterocycles. The minimum absolute atomic E-state index is 0.0617. The van der Waals surface area contributed by atoms with Crippen molar-refractivity contribution >= 4 is 11.9 Å². The molecule has 2 atom stereocenters. The third-order valence-corrected chi connectivity index (χ3v) is 5.97. The first-order valence-electron chi connectivity index (χ1n) is 9.38. The molecule has 1 saturated carbocycles. The van der Waals surface area contributed by atoms with E-state index in [4.69, 9.17) is 4.74 Å². The van der Waals surface area contributed by atoms with Crippen LogP contribution in [-0.2, 0) is 11.4 Å². The summed E-state index contributed by atoms with van der Waals surface area (Å²) in [5.74, 6) is -0.0507. The van der Waals surface area contributed by atoms with Crippen LogP contribution < -0.4 is 4.74 Å². The van der Waals surface area contributed by atoms with E-state index in [9.17, 15) is 14.7 Å². The largest absolute Gasteiger partial charge is 0.489 e. The number of fused-ring (bicyclic) bond motifs is 1. The second kappa shape index (κ2) is 7.06. The molecule has 0 bridgehead atoms. The Kier molecular flexibility index (Phi) is 4.60. The Balaban J connectivity index is 1.52. The van der Waals surface area contributed by atoms with Crippen molar-refractivity contribution in [1.29, 1.82) is 0 Å². The lowest BCUT2D eigenvalue weighted by Crippen LogP contribution is -2.37. The smallest absolute Gasteiger partial charge is 0.311 e. The third-order valence-electron chi connectivity index (χ3n) is 5.97. The lowest BCUT2D eigenvalue weighted by Gasteiger charge is -2.23. The Labute approximate surface area is 158 Å². The second-order valence-corrected chi connectivity index (χ2v) is 7.49. The Morgan fingerprint density at radius 1 is 1.11 bits per heavy atom. The van der Waals surface area contributed by atoms with Crippen LogP contribution in [0.5, 0.6) is 5.75 Å². The van der Waals surface area contributed by atoms with Crippen LogP contribution in [0.1, 0.15) is 35.2 Å². The van der Waals surface area contributed by atoms with Crippen molar-refractivity contribution in [2.45, 2.75) is 25.9 Å². The van der Waals surface area contributed by atoms with Crippen LogP contribution in [0.2, 0.25) is 0 Å². The quantitative estimate of drug-likeness (QED) is 0.879. The van der Waals surface area contributed by atoms with Gasteiger partial charge in [0.2, 0.25) is 0 Å². The number of likely N-dealkylation sites (tertiary alicyclic amines) is 1. The summed E-state index contributed by atoms with van der Waals surface area (Å²) in [5, 5.41) is 9.75. The topological polar surface area (TPSA) is 66.8 Å². The highest BCUT2D eigenvalue weighted by molar-refractivity contribution is 5.96. The van der Waals surface area contributed by atoms with Crippen molar-refractivity contribution in [3.63, 3.8) is 0 Å². The van der Waals surface area contributed by atoms with Gasteiger partial charge in [-0.3, -0.25) is 9.59 Å². The molecule has 2 aromatic carbocycles. The van der Waals surface area contributed by atoms with E-state index < -0.39 is 11.4 Å². The number of hydrogen-bond donors (Lipinski definition) is 1. The number of carbonyl (C=O) groups excluding carboxylic acids is 1. The molecule has 4 rings (SSSR count). The predicted octanol–water partition coefficient (Wildman–Crippen LogP) is 3.59. The van der Waals surface area contributed by atoms with Crippen LogP contribution >= 0.6 is 0 Å². The standard InChI is InChI=1S/C22H23NO4/c24-20(23-13-17-8-6-12-22(17,15-23)21(25)26)19-11-5-4-7-16(19)14-27-18-9-2-1-3-10-18/h1-5,7,9-11,17H,6,8,12-15H2,(H,25,26)/t17-,22+/m0/s1. The van der Waals surface area contributed by atoms with E-state index >= 15 is 0 Å². The van der Waals surface area contributed by atoms with E-state index in [2.05, 4.69) is 0 Å². The minimum atomic E-state index is -0.763. The molecule has 0 aromatic heterocycles. The van der Waals surface area contributed by atoms with E-state index in [1.807, 2.05) is 48.5 Å². The molecule has 5 heteroatoms. The molecule has 2 aromatic rings. The van der Waals surface area contributed by atoms with Gasteiger partial charge in [0, 0.05) is 24.2 Å². The zero-order valence-corrected chi connectivity index (χ0v) is 15.1. The molecule has 1 saturated heterocycles. The van der Waals surface area contributed by atoms with Crippen molar-refractivity contribution in [1.82, 2.24) is 4.90 Å². The normalized spacial score (nSPS) is 23.9. The summed E-state index contributed by atoms with van der Waals surface area (Å²) in [5.41, 5.74) is 0.646. The van der Waals surface area contributed by atoms with Gasteiger partial charge in [0.15, 0.2) is 0 Å². The molecule has 1 N–H and O–H groups in total. The van der Waals surface area contributed by atoms with Crippen molar-refractivity contribution in [3.8, 4) is 5.75 Å². The average molecular weight is 365 g/mol. The van der Waals surface area contributed by atoms with Crippen LogP contribution in [0.3, 0.4) is 0 Å². The van der Waals surface area contributed by atoms with E-state index in [1.54, 1.807) is 11.0 Å². The summed E-state index contributed by atoms with van der Waals surface area (Å²) in [6, 6.07) is 16.9. The lowest BCUT2D eigenvalue weighted by atomic mass is 9.81. The van der Waals surface area contributed by atoms with E-state index in [1.165, 1.54) is 0 Å². The van der Waals surface area contributed by atoms with E-state index in [0.29, 0.717) is 31.7 Å². The first-order valence-corrected chi connectivity index (χ1v) is 9.38. The monoisotopic (exact) mass is 365 g/mol. The van der Waals surface area contributed by atoms with Gasteiger partial charge < -0.3 is 14.7 Å². The second-order valence-electron chi connectivity index (χ2n) is 7.49. The van der Waals surface area contributed by atoms with Gasteiger partial charge in [-0.2, -0.15) is 0 Å². The number of rotatable bonds is 5. The zero-order valence-electron chi connectivity index (χ0n) is 15.1. The maximum atomic E-state index is 13.2. The summed E-state index contributed by atoms with van der Waals surface area (Å²) in [4.78, 5) is 26.8. The van der Waals surface area contributed by atoms with Crippen molar-refractivity contribution in [2.75, 3.05) is 13.1 Å². The fourth-order valence-corrected chi connectivity index (χ4v) is 4.50. The molecule has 0 radical (unpaired) electrons. The number of amides is 1. The molecule has 1 aliphatic heterocycles. The van der Waals surface area contributed by atoms with Crippen LogP contribution in [0.25, 0.3) is 0 Å². The predicted molar refractivity (Wildman–Crippen MR) is 101 cm³/mol. The van der Waals surface area contributed by atoms with Crippen molar-refractivity contribution in [3.05, 3.63) is 65.7 Å². The SMILES string of the molecule is O=C(c1ccccc1COc1ccccc1)N1C[C@@H]2CCC[C@@]2(C(=O)O)C1. The Morgan fingerprint density at radius 3 is 2.59 bits per heavy atom. The van der Waals surface area contributed by atoms with Gasteiger partial charge in [0.25, 0.3) is 5.91 Å². The van der Waals surface area contributed by atoms with E-state index in [0.717, 1.165) is 24.2 Å². The Hall–Kier alpha value is -2.82. The highest BCUT2D eigenvalue weighted by Crippen LogP contribution is 2.49. The number of para-hydroxylation sites is 1. The molecule has 1 aliphatic carbocycles. The molecule has 5 nitrogen and oxygen atoms in total. The first-order chi connectivity index (χ1) is 13.1. The summed E-state index contributed by atoms with van der Waals surface area (Å²) < 4.78 is 5.81. The molecule has 0 unspecified atom stereocenters. The van der Waals surface area contributed by atoms with Gasteiger partial charge in [-0.25, -0.2) is 0 Å². The number of carbonyl (C=O) groups is 2. The van der Waals surface area contributed by atoms with Gasteiger partial charge in [0.1, 0.15) is 12.4 Å². The highest BCUT2D eigenvalue weighted by atomic mass is 16.5. The number of benzene rings is 2. The van der Waals surface area contributed by atoms with Gasteiger partial charge in [0.05, 0.1) is 5.41 Å². The maximum Gasteiger partial charge on any atom is 0.311 e. The maximum absolute atomic E-state index is 13.2. The van der Waals surface area contributed by atoms with Crippen molar-refractivity contribution in [2.24, 2.45) is 11.3 Å². The molecule has 0 spiro atoms. The van der Waals surface area contributed by atoms with E-state index in [-0.39, 0.29) is 11.8 Å². The van der Waals surface area contributed by atoms with Crippen LogP contribution in [0.15, 0.2) is 54.6 Å². The van der Waals surface area contributed by atoms with Gasteiger partial charge in [-0.1, -0.05) is 42.8 Å². The fourth-order valence-electron chi connectivity index (χ4n) is 4.50. The van der Waals surface area contributed by atoms with Crippen LogP contribution in [0.4, 0.5) is 0 Å². The number of hydrogen-bond acceptors (Lipinski definition) is 3. The summed E-state index contributed by atoms with van der Waals surface area (Å²) in [7, 11) is 0. The van der Waals surface area contributed by atoms with Gasteiger partial charge in [-0.05, 0) is 37.0 Å². The summed E-state index contributed by atoms with van der Waals surface area (Å²) in [6.45, 7) is 1.13. The molecule has 27 heavy (non-hydrogen) atoms. The number of aliphatic carboxylic acids is 1. The fraction of sp³-hybridized carbons (Fsp3) is 0.364. The minimum Gasteiger partial charge on any atom is -0.489 e. The molecular weight excluding hydrogens is 342 g/mol. The highest BCUT2D eigenvalue weighted by Gasteiger charge is 2.55. The average Bonchev–Trinajstić information content (AvgIpc) is 3.25. The third kappa shape index (κ3) is 3.18. The molecule has 2 aliphatic rings. The molecular formula is C22H23NO4. The number of carboxylic acids is 1. The lowest BCUT2D eigenvalue weighted by molar-refractivity contribution is -0.149. The molecule has 1 amide bonds. The summed E-state index contributed by atoms with van der Waals surface area (Å²) in [6.07, 6.45) is 2.48.